The van der Waals surface area contributed by atoms with Gasteiger partial charge in [-0.05, 0) is 74.1 Å². The van der Waals surface area contributed by atoms with Crippen LogP contribution >= 0.6 is 0 Å². The molecule has 0 fully saturated rings. The Morgan fingerprint density at radius 3 is 2.29 bits per heavy atom. The Bertz CT molecular complexity index is 1960. The number of methoxy groups -OCH3 is 1. The zero-order valence-corrected chi connectivity index (χ0v) is 26.4. The number of carbonyl (C=O) groups excluding carboxylic acids is 1. The third-order valence-corrected chi connectivity index (χ3v) is 9.13. The molecule has 2 atom stereocenters. The van der Waals surface area contributed by atoms with Crippen molar-refractivity contribution in [2.24, 2.45) is 0 Å². The number of aromatic amines is 2. The topological polar surface area (TPSA) is 158 Å². The highest BCUT2D eigenvalue weighted by Crippen LogP contribution is 2.43. The molecule has 10 heteroatoms. The number of esters is 1. The van der Waals surface area contributed by atoms with Crippen LogP contribution in [0.15, 0.2) is 30.9 Å². The van der Waals surface area contributed by atoms with Gasteiger partial charge in [0.2, 0.25) is 0 Å². The summed E-state index contributed by atoms with van der Waals surface area (Å²) in [5.41, 5.74) is 10.3. The van der Waals surface area contributed by atoms with Crippen molar-refractivity contribution in [2.45, 2.75) is 72.1 Å². The number of allylic oxidation sites excluding steroid dienone is 3. The highest BCUT2D eigenvalue weighted by molar-refractivity contribution is 6.03. The van der Waals surface area contributed by atoms with Gasteiger partial charge in [-0.15, -0.1) is 0 Å². The second kappa shape index (κ2) is 12.2. The molecule has 4 N–H and O–H groups in total. The fourth-order valence-electron chi connectivity index (χ4n) is 6.62. The van der Waals surface area contributed by atoms with E-state index in [1.807, 2.05) is 32.0 Å². The highest BCUT2D eigenvalue weighted by Gasteiger charge is 2.34. The average molecular weight is 611 g/mol. The Balaban J connectivity index is 2.05. The summed E-state index contributed by atoms with van der Waals surface area (Å²) < 4.78 is 5.18. The Kier molecular flexibility index (Phi) is 8.51. The van der Waals surface area contributed by atoms with Gasteiger partial charge in [-0.3, -0.25) is 14.6 Å². The van der Waals surface area contributed by atoms with E-state index in [2.05, 4.69) is 30.4 Å². The van der Waals surface area contributed by atoms with Crippen LogP contribution in [0, 0.1) is 13.8 Å². The van der Waals surface area contributed by atoms with E-state index < -0.39 is 30.2 Å². The van der Waals surface area contributed by atoms with Gasteiger partial charge in [0.15, 0.2) is 0 Å². The summed E-state index contributed by atoms with van der Waals surface area (Å²) in [6.07, 6.45) is 2.20. The van der Waals surface area contributed by atoms with Crippen LogP contribution in [-0.4, -0.2) is 55.2 Å². The summed E-state index contributed by atoms with van der Waals surface area (Å²) in [5.74, 6) is -3.36. The molecular formula is C35H38N4O6. The van der Waals surface area contributed by atoms with E-state index in [1.54, 1.807) is 13.0 Å². The molecule has 0 aliphatic carbocycles. The molecule has 0 saturated carbocycles. The molecule has 2 aliphatic rings. The van der Waals surface area contributed by atoms with Gasteiger partial charge in [0.1, 0.15) is 0 Å². The maximum absolute atomic E-state index is 13.3. The molecule has 2 aliphatic heterocycles. The molecule has 234 valence electrons. The van der Waals surface area contributed by atoms with Gasteiger partial charge in [0.25, 0.3) is 0 Å². The van der Waals surface area contributed by atoms with Crippen molar-refractivity contribution >= 4 is 51.1 Å². The van der Waals surface area contributed by atoms with Gasteiger partial charge in [0, 0.05) is 51.6 Å². The zero-order valence-electron chi connectivity index (χ0n) is 26.4. The summed E-state index contributed by atoms with van der Waals surface area (Å²) in [7, 11) is 1.28. The van der Waals surface area contributed by atoms with E-state index in [4.69, 9.17) is 14.7 Å². The van der Waals surface area contributed by atoms with Gasteiger partial charge in [-0.1, -0.05) is 26.5 Å². The predicted molar refractivity (Wildman–Crippen MR) is 173 cm³/mol. The SMILES string of the molecule is C=CC1=C(C)c2cc3nc(c(CC(=O)O)c4[nH]c(cc5[nH]c(cc1n2)c(C)c5CC)c(C)c4C(=O)OC)[C@@H](CCC(=O)O)[C@@H]3C. The van der Waals surface area contributed by atoms with E-state index in [9.17, 15) is 24.6 Å². The number of fused-ring (bicyclic) bond motifs is 8. The third-order valence-electron chi connectivity index (χ3n) is 9.13. The molecule has 5 heterocycles. The number of aromatic nitrogens is 4. The van der Waals surface area contributed by atoms with Gasteiger partial charge < -0.3 is 24.9 Å². The Hall–Kier alpha value is -4.99. The van der Waals surface area contributed by atoms with Crippen molar-refractivity contribution in [3.63, 3.8) is 0 Å². The highest BCUT2D eigenvalue weighted by atomic mass is 16.5. The molecule has 45 heavy (non-hydrogen) atoms. The molecule has 10 nitrogen and oxygen atoms in total. The maximum atomic E-state index is 13.3. The van der Waals surface area contributed by atoms with Crippen molar-refractivity contribution in [1.82, 2.24) is 19.9 Å². The minimum atomic E-state index is -1.11. The van der Waals surface area contributed by atoms with E-state index >= 15 is 0 Å². The number of hydrogen-bond acceptors (Lipinski definition) is 6. The van der Waals surface area contributed by atoms with Gasteiger partial charge in [-0.2, -0.15) is 0 Å². The summed E-state index contributed by atoms with van der Waals surface area (Å²) in [6, 6.07) is 5.83. The predicted octanol–water partition coefficient (Wildman–Crippen LogP) is 6.78. The third kappa shape index (κ3) is 5.56. The minimum Gasteiger partial charge on any atom is -0.481 e. The first-order chi connectivity index (χ1) is 21.4. The van der Waals surface area contributed by atoms with Crippen LogP contribution in [0.3, 0.4) is 0 Å². The Labute approximate surface area is 260 Å². The lowest BCUT2D eigenvalue weighted by Gasteiger charge is -2.17. The number of aliphatic carboxylic acids is 2. The number of nitrogens with one attached hydrogen (secondary N) is 2. The molecule has 0 aromatic carbocycles. The number of hydrogen-bond donors (Lipinski definition) is 4. The molecule has 5 rings (SSSR count). The molecule has 0 unspecified atom stereocenters. The summed E-state index contributed by atoms with van der Waals surface area (Å²) >= 11 is 0. The van der Waals surface area contributed by atoms with E-state index in [-0.39, 0.29) is 24.3 Å². The fraction of sp³-hybridized carbons (Fsp3) is 0.343. The number of rotatable bonds is 8. The van der Waals surface area contributed by atoms with Crippen LogP contribution in [-0.2, 0) is 27.2 Å². The van der Waals surface area contributed by atoms with Crippen LogP contribution in [0.25, 0.3) is 33.2 Å². The van der Waals surface area contributed by atoms with Crippen molar-refractivity contribution in [3.8, 4) is 0 Å². The Morgan fingerprint density at radius 2 is 1.67 bits per heavy atom. The van der Waals surface area contributed by atoms with Gasteiger partial charge in [0.05, 0.1) is 41.7 Å². The molecule has 0 amide bonds. The summed E-state index contributed by atoms with van der Waals surface area (Å²) in [4.78, 5) is 54.2. The molecular weight excluding hydrogens is 572 g/mol. The number of ether oxygens (including phenoxy) is 1. The number of nitrogens with zero attached hydrogens (tertiary/aromatic N) is 2. The molecule has 3 aromatic heterocycles. The van der Waals surface area contributed by atoms with E-state index in [1.165, 1.54) is 7.11 Å². The van der Waals surface area contributed by atoms with Crippen LogP contribution in [0.4, 0.5) is 0 Å². The van der Waals surface area contributed by atoms with E-state index in [0.29, 0.717) is 39.2 Å². The average Bonchev–Trinajstić information content (AvgIpc) is 3.67. The number of carboxylic acids is 2. The molecule has 0 saturated heterocycles. The van der Waals surface area contributed by atoms with Crippen LogP contribution in [0.2, 0.25) is 0 Å². The standard InChI is InChI=1S/C35H38N4O6/c1-8-20-16(3)24-13-26-18(5)22(10-11-30(40)41)33(38-26)23(12-31(42)43)34-32(35(44)45-7)19(6)27(39-34)15-29-21(9-2)17(4)25(37-29)14-28(20)36-24/h8,13-15,18,22,37,39H,1,9-12H2,2-7H3,(H,40,41)(H,42,43)/t18-,22-/m0/s1. The molecule has 3 aromatic rings. The van der Waals surface area contributed by atoms with Crippen molar-refractivity contribution in [3.05, 3.63) is 81.4 Å². The van der Waals surface area contributed by atoms with Crippen LogP contribution in [0.5, 0.6) is 0 Å². The van der Waals surface area contributed by atoms with Crippen LogP contribution < -0.4 is 0 Å². The number of H-pyrrole nitrogens is 2. The summed E-state index contributed by atoms with van der Waals surface area (Å²) in [6.45, 7) is 13.9. The first-order valence-corrected chi connectivity index (χ1v) is 15.0. The van der Waals surface area contributed by atoms with E-state index in [0.717, 1.165) is 45.4 Å². The van der Waals surface area contributed by atoms with Crippen LogP contribution in [0.1, 0.15) is 101 Å². The zero-order chi connectivity index (χ0) is 32.7. The van der Waals surface area contributed by atoms with Crippen molar-refractivity contribution in [2.75, 3.05) is 7.11 Å². The minimum absolute atomic E-state index is 0.129. The van der Waals surface area contributed by atoms with Gasteiger partial charge in [-0.25, -0.2) is 9.78 Å². The second-order valence-electron chi connectivity index (χ2n) is 11.7. The smallest absolute Gasteiger partial charge is 0.340 e. The van der Waals surface area contributed by atoms with Gasteiger partial charge >= 0.3 is 17.9 Å². The monoisotopic (exact) mass is 610 g/mol. The summed E-state index contributed by atoms with van der Waals surface area (Å²) in [5, 5.41) is 19.7. The lowest BCUT2D eigenvalue weighted by molar-refractivity contribution is -0.138. The number of aryl methyl sites for hydroxylation is 3. The van der Waals surface area contributed by atoms with Crippen molar-refractivity contribution in [1.29, 1.82) is 0 Å². The lowest BCUT2D eigenvalue weighted by atomic mass is 9.85. The fourth-order valence-corrected chi connectivity index (χ4v) is 6.62. The normalized spacial score (nSPS) is 16.1. The first kappa shape index (κ1) is 31.4. The number of carbonyl (C=O) groups is 3. The number of carboxylic acid groups (broad SMARTS) is 2. The quantitative estimate of drug-likeness (QED) is 0.203. The second-order valence-corrected chi connectivity index (χ2v) is 11.7. The lowest BCUT2D eigenvalue weighted by Crippen LogP contribution is -2.11. The van der Waals surface area contributed by atoms with Crippen molar-refractivity contribution < 1.29 is 29.3 Å². The maximum Gasteiger partial charge on any atom is 0.340 e. The first-order valence-electron chi connectivity index (χ1n) is 15.0. The Morgan fingerprint density at radius 1 is 0.956 bits per heavy atom. The molecule has 0 radical (unpaired) electrons. The largest absolute Gasteiger partial charge is 0.481 e. The molecule has 8 bridgehead atoms. The molecule has 0 spiro atoms.